The molecule has 2 heterocycles. The lowest BCUT2D eigenvalue weighted by atomic mass is 10.0. The lowest BCUT2D eigenvalue weighted by Gasteiger charge is -2.34. The minimum Gasteiger partial charge on any atom is -0.354 e. The van der Waals surface area contributed by atoms with Gasteiger partial charge in [0, 0.05) is 37.3 Å². The predicted molar refractivity (Wildman–Crippen MR) is 124 cm³/mol. The summed E-state index contributed by atoms with van der Waals surface area (Å²) >= 11 is 0. The van der Waals surface area contributed by atoms with Gasteiger partial charge in [-0.05, 0) is 67.4 Å². The van der Waals surface area contributed by atoms with E-state index in [4.69, 9.17) is 4.98 Å². The van der Waals surface area contributed by atoms with E-state index in [1.807, 2.05) is 24.3 Å². The van der Waals surface area contributed by atoms with E-state index < -0.39 is 0 Å². The highest BCUT2D eigenvalue weighted by atomic mass is 16.1. The van der Waals surface area contributed by atoms with Crippen LogP contribution in [0.5, 0.6) is 0 Å². The van der Waals surface area contributed by atoms with Crippen molar-refractivity contribution in [1.82, 2.24) is 9.88 Å². The molecule has 2 aromatic carbocycles. The number of hydrogen-bond donors (Lipinski definition) is 1. The maximum atomic E-state index is 12.5. The molecule has 0 saturated carbocycles. The summed E-state index contributed by atoms with van der Waals surface area (Å²) in [5, 5.41) is 4.06. The van der Waals surface area contributed by atoms with Crippen molar-refractivity contribution in [3.63, 3.8) is 0 Å². The highest BCUT2D eigenvalue weighted by molar-refractivity contribution is 5.95. The van der Waals surface area contributed by atoms with Crippen LogP contribution in [-0.2, 0) is 11.2 Å². The van der Waals surface area contributed by atoms with Crippen molar-refractivity contribution in [3.8, 4) is 0 Å². The first-order valence-electron chi connectivity index (χ1n) is 10.8. The molecule has 1 aliphatic heterocycles. The minimum absolute atomic E-state index is 0.00372. The fraction of sp³-hybridized carbons (Fsp3) is 0.360. The lowest BCUT2D eigenvalue weighted by molar-refractivity contribution is -0.115. The number of nitrogens with zero attached hydrogens (tertiary/aromatic N) is 3. The number of pyridine rings is 1. The number of benzene rings is 2. The maximum Gasteiger partial charge on any atom is 0.228 e. The summed E-state index contributed by atoms with van der Waals surface area (Å²) in [6.45, 7) is 11.7. The van der Waals surface area contributed by atoms with E-state index in [9.17, 15) is 4.79 Å². The molecule has 5 heteroatoms. The zero-order chi connectivity index (χ0) is 21.1. The van der Waals surface area contributed by atoms with Crippen LogP contribution < -0.4 is 10.2 Å². The van der Waals surface area contributed by atoms with Crippen LogP contribution in [-0.4, -0.2) is 48.5 Å². The third kappa shape index (κ3) is 4.62. The molecular formula is C25H30N4O. The molecule has 156 valence electrons. The Bertz CT molecular complexity index is 1050. The quantitative estimate of drug-likeness (QED) is 0.696. The molecule has 0 atom stereocenters. The predicted octanol–water partition coefficient (Wildman–Crippen LogP) is 4.17. The molecule has 0 radical (unpaired) electrons. The summed E-state index contributed by atoms with van der Waals surface area (Å²) < 4.78 is 0. The molecule has 1 amide bonds. The Morgan fingerprint density at radius 1 is 0.967 bits per heavy atom. The molecule has 4 rings (SSSR count). The SMILES string of the molecule is CCN1CCN(c2ccc3cc(NC(=O)Cc4ccc(C)c(C)c4)ccc3n2)CC1. The number of nitrogens with one attached hydrogen (secondary N) is 1. The zero-order valence-corrected chi connectivity index (χ0v) is 18.1. The Morgan fingerprint density at radius 2 is 1.77 bits per heavy atom. The van der Waals surface area contributed by atoms with Crippen molar-refractivity contribution in [3.05, 3.63) is 65.2 Å². The molecule has 1 saturated heterocycles. The highest BCUT2D eigenvalue weighted by Gasteiger charge is 2.17. The van der Waals surface area contributed by atoms with Crippen LogP contribution in [0.3, 0.4) is 0 Å². The summed E-state index contributed by atoms with van der Waals surface area (Å²) in [6, 6.07) is 16.3. The Kier molecular flexibility index (Phi) is 6.00. The van der Waals surface area contributed by atoms with Crippen LogP contribution >= 0.6 is 0 Å². The highest BCUT2D eigenvalue weighted by Crippen LogP contribution is 2.22. The molecule has 30 heavy (non-hydrogen) atoms. The summed E-state index contributed by atoms with van der Waals surface area (Å²) in [7, 11) is 0. The molecule has 0 aliphatic carbocycles. The molecule has 1 aromatic heterocycles. The fourth-order valence-electron chi connectivity index (χ4n) is 3.97. The number of anilines is 2. The topological polar surface area (TPSA) is 48.5 Å². The van der Waals surface area contributed by atoms with E-state index in [-0.39, 0.29) is 5.91 Å². The van der Waals surface area contributed by atoms with Crippen LogP contribution in [0.4, 0.5) is 11.5 Å². The maximum absolute atomic E-state index is 12.5. The van der Waals surface area contributed by atoms with Gasteiger partial charge in [0.2, 0.25) is 5.91 Å². The summed E-state index contributed by atoms with van der Waals surface area (Å²) in [5.41, 5.74) is 5.25. The zero-order valence-electron chi connectivity index (χ0n) is 18.1. The number of likely N-dealkylation sites (N-methyl/N-ethyl adjacent to an activating group) is 1. The van der Waals surface area contributed by atoms with Gasteiger partial charge < -0.3 is 15.1 Å². The van der Waals surface area contributed by atoms with Gasteiger partial charge in [-0.1, -0.05) is 25.1 Å². The Labute approximate surface area is 178 Å². The van der Waals surface area contributed by atoms with Crippen molar-refractivity contribution in [2.24, 2.45) is 0 Å². The second-order valence-electron chi connectivity index (χ2n) is 8.14. The van der Waals surface area contributed by atoms with Gasteiger partial charge in [0.1, 0.15) is 5.82 Å². The van der Waals surface area contributed by atoms with Crippen LogP contribution in [0.15, 0.2) is 48.5 Å². The summed E-state index contributed by atoms with van der Waals surface area (Å²) in [6.07, 6.45) is 0.375. The number of aryl methyl sites for hydroxylation is 2. The molecule has 1 N–H and O–H groups in total. The van der Waals surface area contributed by atoms with Crippen molar-refractivity contribution in [2.75, 3.05) is 42.9 Å². The van der Waals surface area contributed by atoms with Gasteiger partial charge in [0.05, 0.1) is 11.9 Å². The molecule has 1 aliphatic rings. The van der Waals surface area contributed by atoms with E-state index in [1.54, 1.807) is 0 Å². The van der Waals surface area contributed by atoms with Gasteiger partial charge in [-0.15, -0.1) is 0 Å². The van der Waals surface area contributed by atoms with Crippen molar-refractivity contribution in [2.45, 2.75) is 27.2 Å². The molecule has 0 unspecified atom stereocenters. The van der Waals surface area contributed by atoms with Gasteiger partial charge in [-0.25, -0.2) is 4.98 Å². The number of aromatic nitrogens is 1. The van der Waals surface area contributed by atoms with E-state index in [0.717, 1.165) is 60.7 Å². The number of piperazine rings is 1. The first-order valence-corrected chi connectivity index (χ1v) is 10.8. The monoisotopic (exact) mass is 402 g/mol. The van der Waals surface area contributed by atoms with E-state index in [2.05, 4.69) is 60.2 Å². The van der Waals surface area contributed by atoms with Crippen molar-refractivity contribution in [1.29, 1.82) is 0 Å². The van der Waals surface area contributed by atoms with Gasteiger partial charge in [0.25, 0.3) is 0 Å². The Balaban J connectivity index is 1.43. The molecule has 3 aromatic rings. The number of rotatable bonds is 5. The van der Waals surface area contributed by atoms with Crippen LogP contribution in [0.2, 0.25) is 0 Å². The third-order valence-corrected chi connectivity index (χ3v) is 6.04. The molecule has 0 spiro atoms. The lowest BCUT2D eigenvalue weighted by Crippen LogP contribution is -2.46. The number of carbonyl (C=O) groups is 1. The van der Waals surface area contributed by atoms with Crippen LogP contribution in [0.1, 0.15) is 23.6 Å². The van der Waals surface area contributed by atoms with Crippen LogP contribution in [0, 0.1) is 13.8 Å². The largest absolute Gasteiger partial charge is 0.354 e. The van der Waals surface area contributed by atoms with Crippen molar-refractivity contribution < 1.29 is 4.79 Å². The minimum atomic E-state index is -0.00372. The van der Waals surface area contributed by atoms with Crippen LogP contribution in [0.25, 0.3) is 10.9 Å². The summed E-state index contributed by atoms with van der Waals surface area (Å²) in [4.78, 5) is 22.2. The number of hydrogen-bond acceptors (Lipinski definition) is 4. The van der Waals surface area contributed by atoms with E-state index >= 15 is 0 Å². The van der Waals surface area contributed by atoms with E-state index in [1.165, 1.54) is 11.1 Å². The molecule has 5 nitrogen and oxygen atoms in total. The fourth-order valence-corrected chi connectivity index (χ4v) is 3.97. The smallest absolute Gasteiger partial charge is 0.228 e. The second-order valence-corrected chi connectivity index (χ2v) is 8.14. The average molecular weight is 403 g/mol. The molecule has 1 fully saturated rings. The number of fused-ring (bicyclic) bond motifs is 1. The van der Waals surface area contributed by atoms with Gasteiger partial charge in [-0.3, -0.25) is 4.79 Å². The standard InChI is InChI=1S/C25H30N4O/c1-4-28-11-13-29(14-12-28)24-10-7-21-17-22(8-9-23(21)27-24)26-25(30)16-20-6-5-18(2)19(3)15-20/h5-10,15,17H,4,11-14,16H2,1-3H3,(H,26,30). The molecule has 0 bridgehead atoms. The second kappa shape index (κ2) is 8.84. The Hall–Kier alpha value is -2.92. The summed E-state index contributed by atoms with van der Waals surface area (Å²) in [5.74, 6) is 1.03. The molecular weight excluding hydrogens is 372 g/mol. The Morgan fingerprint density at radius 3 is 2.50 bits per heavy atom. The third-order valence-electron chi connectivity index (χ3n) is 6.04. The number of amides is 1. The van der Waals surface area contributed by atoms with Gasteiger partial charge in [-0.2, -0.15) is 0 Å². The normalized spacial score (nSPS) is 14.8. The first kappa shape index (κ1) is 20.4. The van der Waals surface area contributed by atoms with Crippen molar-refractivity contribution >= 4 is 28.3 Å². The van der Waals surface area contributed by atoms with Gasteiger partial charge in [0.15, 0.2) is 0 Å². The average Bonchev–Trinajstić information content (AvgIpc) is 2.76. The van der Waals surface area contributed by atoms with E-state index in [0.29, 0.717) is 6.42 Å². The number of carbonyl (C=O) groups excluding carboxylic acids is 1. The van der Waals surface area contributed by atoms with Gasteiger partial charge >= 0.3 is 0 Å². The first-order chi connectivity index (χ1) is 14.5.